The van der Waals surface area contributed by atoms with E-state index in [1.54, 1.807) is 0 Å². The van der Waals surface area contributed by atoms with Gasteiger partial charge in [-0.3, -0.25) is 0 Å². The zero-order valence-corrected chi connectivity index (χ0v) is 13.5. The molecule has 2 fully saturated rings. The summed E-state index contributed by atoms with van der Waals surface area (Å²) in [6.07, 6.45) is 2.61. The molecule has 0 N–H and O–H groups in total. The van der Waals surface area contributed by atoms with E-state index in [0.29, 0.717) is 0 Å². The smallest absolute Gasteiger partial charge is 0.134 e. The molecular weight excluding hydrogens is 262 g/mol. The summed E-state index contributed by atoms with van der Waals surface area (Å²) < 4.78 is 0. The van der Waals surface area contributed by atoms with Crippen molar-refractivity contribution in [2.24, 2.45) is 5.92 Å². The van der Waals surface area contributed by atoms with Crippen molar-refractivity contribution in [3.63, 3.8) is 0 Å². The summed E-state index contributed by atoms with van der Waals surface area (Å²) in [5.41, 5.74) is 0. The van der Waals surface area contributed by atoms with E-state index in [9.17, 15) is 0 Å². The molecule has 0 aromatic carbocycles. The van der Waals surface area contributed by atoms with Gasteiger partial charge in [0.15, 0.2) is 0 Å². The van der Waals surface area contributed by atoms with Gasteiger partial charge in [0.2, 0.25) is 0 Å². The lowest BCUT2D eigenvalue weighted by Crippen LogP contribution is -2.45. The number of anilines is 2. The van der Waals surface area contributed by atoms with Gasteiger partial charge in [-0.15, -0.1) is 0 Å². The summed E-state index contributed by atoms with van der Waals surface area (Å²) in [6.45, 7) is 10.9. The lowest BCUT2D eigenvalue weighted by Gasteiger charge is -2.35. The molecule has 21 heavy (non-hydrogen) atoms. The van der Waals surface area contributed by atoms with Crippen LogP contribution in [0.3, 0.4) is 0 Å². The highest BCUT2D eigenvalue weighted by atomic mass is 15.3. The van der Waals surface area contributed by atoms with Gasteiger partial charge >= 0.3 is 0 Å². The highest BCUT2D eigenvalue weighted by molar-refractivity contribution is 5.51. The number of nitrogens with zero attached hydrogens (tertiary/aromatic N) is 5. The number of hydrogen-bond acceptors (Lipinski definition) is 5. The minimum atomic E-state index is 0.765. The van der Waals surface area contributed by atoms with E-state index in [1.807, 2.05) is 6.92 Å². The van der Waals surface area contributed by atoms with Gasteiger partial charge in [-0.25, -0.2) is 9.97 Å². The number of rotatable bonds is 2. The van der Waals surface area contributed by atoms with E-state index in [-0.39, 0.29) is 0 Å². The number of piperazine rings is 1. The van der Waals surface area contributed by atoms with E-state index < -0.39 is 0 Å². The fraction of sp³-hybridized carbons (Fsp3) is 0.750. The first kappa shape index (κ1) is 14.6. The van der Waals surface area contributed by atoms with Crippen LogP contribution in [0.4, 0.5) is 11.6 Å². The van der Waals surface area contributed by atoms with Crippen molar-refractivity contribution in [3.8, 4) is 0 Å². The Morgan fingerprint density at radius 3 is 2.33 bits per heavy atom. The van der Waals surface area contributed by atoms with Crippen LogP contribution in [0, 0.1) is 12.8 Å². The minimum absolute atomic E-state index is 0.765. The van der Waals surface area contributed by atoms with Crippen molar-refractivity contribution in [1.82, 2.24) is 14.9 Å². The Bertz CT molecular complexity index is 482. The van der Waals surface area contributed by atoms with Crippen molar-refractivity contribution in [1.29, 1.82) is 0 Å². The zero-order chi connectivity index (χ0) is 14.8. The Labute approximate surface area is 128 Å². The standard InChI is InChI=1S/C16H27N5/c1-13-5-4-6-21(12-13)16-11-15(17-14(2)18-16)20-9-7-19(3)8-10-20/h11,13H,4-10,12H2,1-3H3. The molecule has 0 amide bonds. The van der Waals surface area contributed by atoms with Crippen LogP contribution in [-0.2, 0) is 0 Å². The first-order chi connectivity index (χ1) is 10.1. The second kappa shape index (κ2) is 6.18. The molecule has 2 saturated heterocycles. The molecule has 2 aliphatic rings. The van der Waals surface area contributed by atoms with Gasteiger partial charge in [0, 0.05) is 45.3 Å². The van der Waals surface area contributed by atoms with Crippen molar-refractivity contribution >= 4 is 11.6 Å². The van der Waals surface area contributed by atoms with Crippen LogP contribution in [-0.4, -0.2) is 61.2 Å². The molecule has 0 bridgehead atoms. The molecule has 1 atom stereocenters. The molecule has 0 radical (unpaired) electrons. The zero-order valence-electron chi connectivity index (χ0n) is 13.5. The van der Waals surface area contributed by atoms with Crippen molar-refractivity contribution in [2.45, 2.75) is 26.7 Å². The second-order valence-corrected chi connectivity index (χ2v) is 6.62. The maximum absolute atomic E-state index is 4.68. The first-order valence-electron chi connectivity index (χ1n) is 8.16. The lowest BCUT2D eigenvalue weighted by atomic mass is 10.0. The van der Waals surface area contributed by atoms with E-state index >= 15 is 0 Å². The third-order valence-corrected chi connectivity index (χ3v) is 4.62. The fourth-order valence-corrected chi connectivity index (χ4v) is 3.29. The highest BCUT2D eigenvalue weighted by Gasteiger charge is 2.21. The topological polar surface area (TPSA) is 35.5 Å². The monoisotopic (exact) mass is 289 g/mol. The predicted octanol–water partition coefficient (Wildman–Crippen LogP) is 1.77. The number of aryl methyl sites for hydroxylation is 1. The third kappa shape index (κ3) is 3.46. The summed E-state index contributed by atoms with van der Waals surface area (Å²) in [4.78, 5) is 16.5. The number of piperidine rings is 1. The summed E-state index contributed by atoms with van der Waals surface area (Å²) in [5.74, 6) is 3.87. The molecule has 2 aliphatic heterocycles. The van der Waals surface area contributed by atoms with Crippen molar-refractivity contribution < 1.29 is 0 Å². The summed E-state index contributed by atoms with van der Waals surface area (Å²) in [5, 5.41) is 0. The molecule has 1 aromatic rings. The van der Waals surface area contributed by atoms with Crippen LogP contribution in [0.2, 0.25) is 0 Å². The first-order valence-corrected chi connectivity index (χ1v) is 8.16. The normalized spacial score (nSPS) is 24.4. The SMILES string of the molecule is Cc1nc(N2CCN(C)CC2)cc(N2CCCC(C)C2)n1. The van der Waals surface area contributed by atoms with E-state index in [4.69, 9.17) is 0 Å². The van der Waals surface area contributed by atoms with E-state index in [0.717, 1.165) is 62.6 Å². The van der Waals surface area contributed by atoms with Crippen LogP contribution < -0.4 is 9.80 Å². The second-order valence-electron chi connectivity index (χ2n) is 6.62. The van der Waals surface area contributed by atoms with E-state index in [2.05, 4.69) is 44.7 Å². The van der Waals surface area contributed by atoms with Crippen LogP contribution in [0.25, 0.3) is 0 Å². The molecular formula is C16H27N5. The van der Waals surface area contributed by atoms with Gasteiger partial charge in [-0.1, -0.05) is 6.92 Å². The Balaban J connectivity index is 1.79. The molecule has 0 aliphatic carbocycles. The quantitative estimate of drug-likeness (QED) is 0.829. The highest BCUT2D eigenvalue weighted by Crippen LogP contribution is 2.24. The summed E-state index contributed by atoms with van der Waals surface area (Å²) >= 11 is 0. The van der Waals surface area contributed by atoms with Crippen LogP contribution >= 0.6 is 0 Å². The van der Waals surface area contributed by atoms with Gasteiger partial charge in [-0.05, 0) is 32.7 Å². The lowest BCUT2D eigenvalue weighted by molar-refractivity contribution is 0.312. The van der Waals surface area contributed by atoms with Crippen LogP contribution in [0.1, 0.15) is 25.6 Å². The van der Waals surface area contributed by atoms with Gasteiger partial charge in [-0.2, -0.15) is 0 Å². The van der Waals surface area contributed by atoms with Gasteiger partial charge in [0.1, 0.15) is 17.5 Å². The summed E-state index contributed by atoms with van der Waals surface area (Å²) in [7, 11) is 2.18. The Kier molecular flexibility index (Phi) is 4.29. The molecule has 116 valence electrons. The average Bonchev–Trinajstić information content (AvgIpc) is 2.47. The van der Waals surface area contributed by atoms with Gasteiger partial charge < -0.3 is 14.7 Å². The van der Waals surface area contributed by atoms with E-state index in [1.165, 1.54) is 12.8 Å². The molecule has 5 nitrogen and oxygen atoms in total. The summed E-state index contributed by atoms with van der Waals surface area (Å²) in [6, 6.07) is 2.19. The number of aromatic nitrogens is 2. The predicted molar refractivity (Wildman–Crippen MR) is 87.1 cm³/mol. The Morgan fingerprint density at radius 2 is 1.67 bits per heavy atom. The molecule has 3 rings (SSSR count). The number of likely N-dealkylation sites (N-methyl/N-ethyl adjacent to an activating group) is 1. The molecule has 1 aromatic heterocycles. The van der Waals surface area contributed by atoms with Gasteiger partial charge in [0.25, 0.3) is 0 Å². The molecule has 5 heteroatoms. The fourth-order valence-electron chi connectivity index (χ4n) is 3.29. The van der Waals surface area contributed by atoms with Gasteiger partial charge in [0.05, 0.1) is 0 Å². The molecule has 3 heterocycles. The van der Waals surface area contributed by atoms with Crippen LogP contribution in [0.15, 0.2) is 6.07 Å². The maximum atomic E-state index is 4.68. The third-order valence-electron chi connectivity index (χ3n) is 4.62. The number of hydrogen-bond donors (Lipinski definition) is 0. The molecule has 1 unspecified atom stereocenters. The van der Waals surface area contributed by atoms with Crippen LogP contribution in [0.5, 0.6) is 0 Å². The molecule has 0 spiro atoms. The van der Waals surface area contributed by atoms with Crippen molar-refractivity contribution in [2.75, 3.05) is 56.1 Å². The average molecular weight is 289 g/mol. The Hall–Kier alpha value is -1.36. The largest absolute Gasteiger partial charge is 0.356 e. The maximum Gasteiger partial charge on any atom is 0.134 e. The molecule has 0 saturated carbocycles. The Morgan fingerprint density at radius 1 is 1.00 bits per heavy atom. The van der Waals surface area contributed by atoms with Crippen molar-refractivity contribution in [3.05, 3.63) is 11.9 Å². The minimum Gasteiger partial charge on any atom is -0.356 e.